The first-order valence-corrected chi connectivity index (χ1v) is 6.65. The standard InChI is InChI=1S/C15H16FN3O3/c1-18(9-10-22-12-5-3-11(16)4-6-12)15(21)13-7-8-14(20)19(2)17-13/h3-8H,9-10H2,1-2H3. The largest absolute Gasteiger partial charge is 0.492 e. The van der Waals surface area contributed by atoms with E-state index in [0.717, 1.165) is 4.68 Å². The number of aryl methyl sites for hydroxylation is 1. The van der Waals surface area contributed by atoms with E-state index in [-0.39, 0.29) is 29.6 Å². The molecule has 1 amide bonds. The highest BCUT2D eigenvalue weighted by atomic mass is 19.1. The van der Waals surface area contributed by atoms with Gasteiger partial charge in [-0.25, -0.2) is 9.07 Å². The Morgan fingerprint density at radius 3 is 2.59 bits per heavy atom. The molecule has 0 aliphatic heterocycles. The highest BCUT2D eigenvalue weighted by molar-refractivity contribution is 5.91. The third-order valence-electron chi connectivity index (χ3n) is 3.04. The van der Waals surface area contributed by atoms with E-state index in [2.05, 4.69) is 5.10 Å². The van der Waals surface area contributed by atoms with Gasteiger partial charge < -0.3 is 9.64 Å². The van der Waals surface area contributed by atoms with Gasteiger partial charge in [0.05, 0.1) is 6.54 Å². The summed E-state index contributed by atoms with van der Waals surface area (Å²) >= 11 is 0. The zero-order valence-corrected chi connectivity index (χ0v) is 12.3. The second kappa shape index (κ2) is 6.84. The molecule has 0 aliphatic rings. The van der Waals surface area contributed by atoms with Gasteiger partial charge >= 0.3 is 0 Å². The van der Waals surface area contributed by atoms with Crippen molar-refractivity contribution in [1.29, 1.82) is 0 Å². The number of likely N-dealkylation sites (N-methyl/N-ethyl adjacent to an activating group) is 1. The Morgan fingerprint density at radius 1 is 1.27 bits per heavy atom. The monoisotopic (exact) mass is 305 g/mol. The summed E-state index contributed by atoms with van der Waals surface area (Å²) in [6.07, 6.45) is 0. The van der Waals surface area contributed by atoms with Crippen LogP contribution in [0.25, 0.3) is 0 Å². The summed E-state index contributed by atoms with van der Waals surface area (Å²) in [5.74, 6) is -0.110. The van der Waals surface area contributed by atoms with Crippen LogP contribution < -0.4 is 10.3 Å². The first-order valence-electron chi connectivity index (χ1n) is 6.65. The second-order valence-corrected chi connectivity index (χ2v) is 4.71. The lowest BCUT2D eigenvalue weighted by Gasteiger charge is -2.17. The molecule has 2 aromatic rings. The molecule has 0 unspecified atom stereocenters. The SMILES string of the molecule is CN(CCOc1ccc(F)cc1)C(=O)c1ccc(=O)n(C)n1. The first kappa shape index (κ1) is 15.7. The molecule has 0 spiro atoms. The lowest BCUT2D eigenvalue weighted by Crippen LogP contribution is -2.33. The van der Waals surface area contributed by atoms with Crippen LogP contribution in [0.2, 0.25) is 0 Å². The summed E-state index contributed by atoms with van der Waals surface area (Å²) in [5, 5.41) is 3.90. The molecule has 0 atom stereocenters. The number of amides is 1. The molecule has 6 nitrogen and oxygen atoms in total. The number of halogens is 1. The minimum atomic E-state index is -0.333. The van der Waals surface area contributed by atoms with Crippen LogP contribution in [0, 0.1) is 5.82 Å². The molecule has 0 aliphatic carbocycles. The number of rotatable bonds is 5. The molecular formula is C15H16FN3O3. The van der Waals surface area contributed by atoms with Gasteiger partial charge in [0.25, 0.3) is 11.5 Å². The van der Waals surface area contributed by atoms with Crippen LogP contribution in [0.1, 0.15) is 10.5 Å². The van der Waals surface area contributed by atoms with E-state index in [1.54, 1.807) is 7.05 Å². The van der Waals surface area contributed by atoms with E-state index < -0.39 is 0 Å². The van der Waals surface area contributed by atoms with Crippen LogP contribution in [0.5, 0.6) is 5.75 Å². The fourth-order valence-electron chi connectivity index (χ4n) is 1.74. The minimum absolute atomic E-state index is 0.186. The molecule has 1 aromatic carbocycles. The molecule has 2 rings (SSSR count). The summed E-state index contributed by atoms with van der Waals surface area (Å²) in [4.78, 5) is 24.8. The van der Waals surface area contributed by atoms with E-state index in [1.165, 1.54) is 48.3 Å². The Morgan fingerprint density at radius 2 is 1.95 bits per heavy atom. The van der Waals surface area contributed by atoms with Gasteiger partial charge in [0.1, 0.15) is 23.9 Å². The van der Waals surface area contributed by atoms with E-state index in [1.807, 2.05) is 0 Å². The minimum Gasteiger partial charge on any atom is -0.492 e. The predicted octanol–water partition coefficient (Wildman–Crippen LogP) is 1.07. The summed E-state index contributed by atoms with van der Waals surface area (Å²) in [6.45, 7) is 0.598. The summed E-state index contributed by atoms with van der Waals surface area (Å²) in [7, 11) is 3.10. The van der Waals surface area contributed by atoms with Gasteiger partial charge in [-0.15, -0.1) is 0 Å². The Hall–Kier alpha value is -2.70. The summed E-state index contributed by atoms with van der Waals surface area (Å²) < 4.78 is 19.3. The molecular weight excluding hydrogens is 289 g/mol. The number of aromatic nitrogens is 2. The molecule has 1 heterocycles. The summed E-state index contributed by atoms with van der Waals surface area (Å²) in [5.41, 5.74) is -0.0924. The molecule has 0 N–H and O–H groups in total. The molecule has 0 saturated carbocycles. The molecule has 7 heteroatoms. The van der Waals surface area contributed by atoms with Crippen molar-refractivity contribution in [2.24, 2.45) is 7.05 Å². The Balaban J connectivity index is 1.89. The van der Waals surface area contributed by atoms with Crippen molar-refractivity contribution < 1.29 is 13.9 Å². The van der Waals surface area contributed by atoms with Crippen molar-refractivity contribution >= 4 is 5.91 Å². The smallest absolute Gasteiger partial charge is 0.274 e. The quantitative estimate of drug-likeness (QED) is 0.829. The van der Waals surface area contributed by atoms with E-state index in [0.29, 0.717) is 12.3 Å². The molecule has 0 radical (unpaired) electrons. The van der Waals surface area contributed by atoms with Crippen molar-refractivity contribution in [2.75, 3.05) is 20.2 Å². The van der Waals surface area contributed by atoms with Gasteiger partial charge in [0.2, 0.25) is 0 Å². The zero-order chi connectivity index (χ0) is 16.1. The van der Waals surface area contributed by atoms with Gasteiger partial charge in [-0.05, 0) is 30.3 Å². The van der Waals surface area contributed by atoms with Crippen LogP contribution in [-0.4, -0.2) is 40.8 Å². The third kappa shape index (κ3) is 3.91. The highest BCUT2D eigenvalue weighted by Gasteiger charge is 2.14. The van der Waals surface area contributed by atoms with Crippen molar-refractivity contribution in [2.45, 2.75) is 0 Å². The fraction of sp³-hybridized carbons (Fsp3) is 0.267. The number of benzene rings is 1. The number of nitrogens with zero attached hydrogens (tertiary/aromatic N) is 3. The van der Waals surface area contributed by atoms with Crippen molar-refractivity contribution in [3.63, 3.8) is 0 Å². The number of carbonyl (C=O) groups is 1. The van der Waals surface area contributed by atoms with Crippen LogP contribution >= 0.6 is 0 Å². The maximum atomic E-state index is 12.8. The lowest BCUT2D eigenvalue weighted by atomic mass is 10.3. The number of carbonyl (C=O) groups excluding carboxylic acids is 1. The van der Waals surface area contributed by atoms with Gasteiger partial charge in [-0.2, -0.15) is 5.10 Å². The average molecular weight is 305 g/mol. The van der Waals surface area contributed by atoms with Crippen LogP contribution in [0.3, 0.4) is 0 Å². The van der Waals surface area contributed by atoms with Crippen LogP contribution in [-0.2, 0) is 7.05 Å². The van der Waals surface area contributed by atoms with Gasteiger partial charge in [0.15, 0.2) is 0 Å². The second-order valence-electron chi connectivity index (χ2n) is 4.71. The number of hydrogen-bond acceptors (Lipinski definition) is 4. The van der Waals surface area contributed by atoms with Crippen molar-refractivity contribution in [1.82, 2.24) is 14.7 Å². The predicted molar refractivity (Wildman–Crippen MR) is 78.3 cm³/mol. The molecule has 0 bridgehead atoms. The maximum absolute atomic E-state index is 12.8. The van der Waals surface area contributed by atoms with Crippen molar-refractivity contribution in [3.05, 3.63) is 58.3 Å². The Kier molecular flexibility index (Phi) is 4.88. The molecule has 22 heavy (non-hydrogen) atoms. The normalized spacial score (nSPS) is 10.3. The first-order chi connectivity index (χ1) is 10.5. The highest BCUT2D eigenvalue weighted by Crippen LogP contribution is 2.10. The third-order valence-corrected chi connectivity index (χ3v) is 3.04. The van der Waals surface area contributed by atoms with Gasteiger partial charge in [-0.3, -0.25) is 9.59 Å². The van der Waals surface area contributed by atoms with Crippen LogP contribution in [0.15, 0.2) is 41.2 Å². The maximum Gasteiger partial charge on any atom is 0.274 e. The lowest BCUT2D eigenvalue weighted by molar-refractivity contribution is 0.0765. The molecule has 0 saturated heterocycles. The summed E-state index contributed by atoms with van der Waals surface area (Å²) in [6, 6.07) is 8.33. The van der Waals surface area contributed by atoms with E-state index in [9.17, 15) is 14.0 Å². The van der Waals surface area contributed by atoms with Gasteiger partial charge in [-0.1, -0.05) is 0 Å². The van der Waals surface area contributed by atoms with Crippen molar-refractivity contribution in [3.8, 4) is 5.75 Å². The van der Waals surface area contributed by atoms with Crippen LogP contribution in [0.4, 0.5) is 4.39 Å². The van der Waals surface area contributed by atoms with E-state index in [4.69, 9.17) is 4.74 Å². The number of hydrogen-bond donors (Lipinski definition) is 0. The molecule has 0 fully saturated rings. The Labute approximate surface area is 126 Å². The fourth-order valence-corrected chi connectivity index (χ4v) is 1.74. The van der Waals surface area contributed by atoms with Gasteiger partial charge in [0, 0.05) is 20.2 Å². The average Bonchev–Trinajstić information content (AvgIpc) is 2.51. The number of ether oxygens (including phenoxy) is 1. The molecule has 116 valence electrons. The molecule has 1 aromatic heterocycles. The van der Waals surface area contributed by atoms with E-state index >= 15 is 0 Å². The zero-order valence-electron chi connectivity index (χ0n) is 12.3. The topological polar surface area (TPSA) is 64.4 Å². The Bertz CT molecular complexity index is 713.